The van der Waals surface area contributed by atoms with Crippen molar-refractivity contribution in [2.45, 2.75) is 76.5 Å². The summed E-state index contributed by atoms with van der Waals surface area (Å²) in [4.78, 5) is 16.8. The fourth-order valence-corrected chi connectivity index (χ4v) is 5.13. The van der Waals surface area contributed by atoms with E-state index in [9.17, 15) is 13.2 Å². The number of ether oxygens (including phenoxy) is 1. The van der Waals surface area contributed by atoms with Crippen LogP contribution in [0.5, 0.6) is 0 Å². The molecule has 3 atom stereocenters. The van der Waals surface area contributed by atoms with Crippen LogP contribution in [0.4, 0.5) is 4.79 Å². The van der Waals surface area contributed by atoms with Gasteiger partial charge in [-0.25, -0.2) is 17.9 Å². The lowest BCUT2D eigenvalue weighted by Gasteiger charge is -2.38. The first-order valence-electron chi connectivity index (χ1n) is 11.0. The molecule has 1 unspecified atom stereocenters. The Bertz CT molecular complexity index is 762. The van der Waals surface area contributed by atoms with E-state index in [1.54, 1.807) is 18.7 Å². The molecule has 3 aliphatic rings. The predicted octanol–water partition coefficient (Wildman–Crippen LogP) is 1.81. The Morgan fingerprint density at radius 1 is 1.17 bits per heavy atom. The molecule has 0 aromatic heterocycles. The summed E-state index contributed by atoms with van der Waals surface area (Å²) in [6.45, 7) is 10.4. The number of rotatable bonds is 5. The van der Waals surface area contributed by atoms with E-state index < -0.39 is 15.3 Å². The Balaban J connectivity index is 1.43. The van der Waals surface area contributed by atoms with E-state index in [0.717, 1.165) is 19.5 Å². The van der Waals surface area contributed by atoms with Gasteiger partial charge in [-0.05, 0) is 53.0 Å². The Hall–Kier alpha value is -1.58. The van der Waals surface area contributed by atoms with E-state index >= 15 is 0 Å². The molecule has 30 heavy (non-hydrogen) atoms. The third-order valence-corrected chi connectivity index (χ3v) is 7.81. The smallest absolute Gasteiger partial charge is 0.317 e. The standard InChI is InChI=1S/C21H36N4O4S/c1-15(2)30(27,28)23-19-9-11-24(12-10-19)21(26)22-18-5-7-20(8-6-18)25-13-16(3)29-17(4)14-25/h5,7-8,15-19,23H,6,9-14H2,1-4H3,(H,22,26)/t16-,17+,18?. The van der Waals surface area contributed by atoms with Crippen LogP contribution in [0.3, 0.4) is 0 Å². The van der Waals surface area contributed by atoms with Crippen LogP contribution in [0.2, 0.25) is 0 Å². The largest absolute Gasteiger partial charge is 0.372 e. The average Bonchev–Trinajstić information content (AvgIpc) is 2.68. The summed E-state index contributed by atoms with van der Waals surface area (Å²) in [6, 6.07) is -0.200. The summed E-state index contributed by atoms with van der Waals surface area (Å²) in [7, 11) is -3.28. The van der Waals surface area contributed by atoms with Crippen LogP contribution < -0.4 is 10.0 Å². The van der Waals surface area contributed by atoms with Gasteiger partial charge in [0, 0.05) is 37.9 Å². The zero-order valence-corrected chi connectivity index (χ0v) is 19.3. The molecular weight excluding hydrogens is 404 g/mol. The maximum absolute atomic E-state index is 12.6. The summed E-state index contributed by atoms with van der Waals surface area (Å²) in [5.41, 5.74) is 1.20. The van der Waals surface area contributed by atoms with Gasteiger partial charge in [0.2, 0.25) is 10.0 Å². The number of nitrogens with one attached hydrogen (secondary N) is 2. The van der Waals surface area contributed by atoms with Gasteiger partial charge in [-0.3, -0.25) is 0 Å². The summed E-state index contributed by atoms with van der Waals surface area (Å²) >= 11 is 0. The molecule has 0 aromatic carbocycles. The van der Waals surface area contributed by atoms with E-state index in [2.05, 4.69) is 47.0 Å². The van der Waals surface area contributed by atoms with Gasteiger partial charge in [-0.1, -0.05) is 12.2 Å². The Kier molecular flexibility index (Phi) is 7.47. The van der Waals surface area contributed by atoms with Crippen molar-refractivity contribution in [3.63, 3.8) is 0 Å². The van der Waals surface area contributed by atoms with Gasteiger partial charge >= 0.3 is 6.03 Å². The lowest BCUT2D eigenvalue weighted by molar-refractivity contribution is -0.0568. The van der Waals surface area contributed by atoms with Gasteiger partial charge in [0.25, 0.3) is 0 Å². The van der Waals surface area contributed by atoms with Gasteiger partial charge in [0.05, 0.1) is 23.5 Å². The number of carbonyl (C=O) groups excluding carboxylic acids is 1. The molecule has 0 radical (unpaired) electrons. The minimum Gasteiger partial charge on any atom is -0.372 e. The van der Waals surface area contributed by atoms with Crippen LogP contribution >= 0.6 is 0 Å². The summed E-state index contributed by atoms with van der Waals surface area (Å²) in [5.74, 6) is 0. The summed E-state index contributed by atoms with van der Waals surface area (Å²) in [5, 5.41) is 2.64. The van der Waals surface area contributed by atoms with Crippen molar-refractivity contribution in [2.75, 3.05) is 26.2 Å². The molecule has 2 N–H and O–H groups in total. The molecule has 0 aromatic rings. The van der Waals surface area contributed by atoms with Crippen LogP contribution in [-0.2, 0) is 14.8 Å². The molecule has 2 amide bonds. The van der Waals surface area contributed by atoms with Crippen LogP contribution in [0.25, 0.3) is 0 Å². The quantitative estimate of drug-likeness (QED) is 0.680. The van der Waals surface area contributed by atoms with Crippen LogP contribution in [0.15, 0.2) is 23.9 Å². The molecule has 0 saturated carbocycles. The topological polar surface area (TPSA) is 91.0 Å². The molecule has 0 spiro atoms. The van der Waals surface area contributed by atoms with Crippen LogP contribution in [0, 0.1) is 0 Å². The highest BCUT2D eigenvalue weighted by molar-refractivity contribution is 7.90. The molecule has 2 heterocycles. The average molecular weight is 441 g/mol. The van der Waals surface area contributed by atoms with Crippen LogP contribution in [0.1, 0.15) is 47.0 Å². The Morgan fingerprint density at radius 2 is 1.80 bits per heavy atom. The van der Waals surface area contributed by atoms with Crippen molar-refractivity contribution >= 4 is 16.1 Å². The highest BCUT2D eigenvalue weighted by Gasteiger charge is 2.28. The van der Waals surface area contributed by atoms with Gasteiger partial charge in [0.15, 0.2) is 0 Å². The molecule has 2 saturated heterocycles. The third kappa shape index (κ3) is 5.98. The minimum absolute atomic E-state index is 0.0192. The van der Waals surface area contributed by atoms with E-state index in [0.29, 0.717) is 25.9 Å². The summed E-state index contributed by atoms with van der Waals surface area (Å²) < 4.78 is 32.6. The molecule has 9 heteroatoms. The number of morpholine rings is 1. The first-order valence-corrected chi connectivity index (χ1v) is 12.5. The third-order valence-electron chi connectivity index (χ3n) is 5.91. The van der Waals surface area contributed by atoms with Crippen molar-refractivity contribution in [3.05, 3.63) is 23.9 Å². The van der Waals surface area contributed by atoms with E-state index in [1.807, 2.05) is 0 Å². The maximum atomic E-state index is 12.6. The number of urea groups is 1. The molecule has 8 nitrogen and oxygen atoms in total. The first-order chi connectivity index (χ1) is 14.1. The van der Waals surface area contributed by atoms with Gasteiger partial charge < -0.3 is 19.9 Å². The van der Waals surface area contributed by atoms with Crippen molar-refractivity contribution in [1.29, 1.82) is 0 Å². The monoisotopic (exact) mass is 440 g/mol. The van der Waals surface area contributed by atoms with Gasteiger partial charge in [-0.2, -0.15) is 0 Å². The number of allylic oxidation sites excluding steroid dienone is 1. The van der Waals surface area contributed by atoms with Crippen molar-refractivity contribution in [2.24, 2.45) is 0 Å². The number of piperidine rings is 1. The van der Waals surface area contributed by atoms with Crippen molar-refractivity contribution < 1.29 is 17.9 Å². The predicted molar refractivity (Wildman–Crippen MR) is 118 cm³/mol. The second-order valence-corrected chi connectivity index (χ2v) is 11.2. The van der Waals surface area contributed by atoms with E-state index in [1.165, 1.54) is 5.70 Å². The van der Waals surface area contributed by atoms with E-state index in [-0.39, 0.29) is 30.3 Å². The molecular formula is C21H36N4O4S. The van der Waals surface area contributed by atoms with Crippen LogP contribution in [-0.4, -0.2) is 80.0 Å². The molecule has 2 fully saturated rings. The first kappa shape index (κ1) is 23.1. The zero-order chi connectivity index (χ0) is 21.9. The lowest BCUT2D eigenvalue weighted by atomic mass is 10.0. The number of likely N-dealkylation sites (tertiary alicyclic amines) is 1. The molecule has 2 aliphatic heterocycles. The number of hydrogen-bond donors (Lipinski definition) is 2. The minimum atomic E-state index is -3.28. The normalized spacial score (nSPS) is 28.6. The van der Waals surface area contributed by atoms with Gasteiger partial charge in [-0.15, -0.1) is 0 Å². The second-order valence-electron chi connectivity index (χ2n) is 8.92. The fourth-order valence-electron chi connectivity index (χ4n) is 4.16. The zero-order valence-electron chi connectivity index (χ0n) is 18.5. The Labute approximate surface area is 180 Å². The highest BCUT2D eigenvalue weighted by Crippen LogP contribution is 2.21. The lowest BCUT2D eigenvalue weighted by Crippen LogP contribution is -2.51. The Morgan fingerprint density at radius 3 is 2.33 bits per heavy atom. The number of amides is 2. The second kappa shape index (κ2) is 9.70. The molecule has 3 rings (SSSR count). The summed E-state index contributed by atoms with van der Waals surface area (Å²) in [6.07, 6.45) is 8.80. The molecule has 1 aliphatic carbocycles. The highest BCUT2D eigenvalue weighted by atomic mass is 32.2. The molecule has 0 bridgehead atoms. The van der Waals surface area contributed by atoms with Crippen molar-refractivity contribution in [3.8, 4) is 0 Å². The fraction of sp³-hybridized carbons (Fsp3) is 0.762. The van der Waals surface area contributed by atoms with Crippen molar-refractivity contribution in [1.82, 2.24) is 19.8 Å². The number of carbonyl (C=O) groups is 1. The number of sulfonamides is 1. The number of hydrogen-bond acceptors (Lipinski definition) is 5. The van der Waals surface area contributed by atoms with Gasteiger partial charge in [0.1, 0.15) is 0 Å². The molecule has 170 valence electrons. The van der Waals surface area contributed by atoms with E-state index in [4.69, 9.17) is 4.74 Å². The number of nitrogens with zero attached hydrogens (tertiary/aromatic N) is 2. The SMILES string of the molecule is CC(C)S(=O)(=O)NC1CCN(C(=O)NC2C=CC(N3C[C@@H](C)O[C@@H](C)C3)=CC2)CC1. The maximum Gasteiger partial charge on any atom is 0.317 e.